The number of rotatable bonds is 3. The minimum Gasteiger partial charge on any atom is -0.722 e. The Kier molecular flexibility index (Phi) is 6.67. The van der Waals surface area contributed by atoms with Gasteiger partial charge in [0.25, 0.3) is 10.1 Å². The van der Waals surface area contributed by atoms with Gasteiger partial charge in [-0.2, -0.15) is 8.42 Å². The highest BCUT2D eigenvalue weighted by Gasteiger charge is 2.15. The van der Waals surface area contributed by atoms with Crippen LogP contribution in [-0.2, 0) is 10.1 Å². The average molecular weight is 429 g/mol. The zero-order chi connectivity index (χ0) is 20.9. The first-order valence-corrected chi connectivity index (χ1v) is 9.42. The number of hydrazone groups is 1. The fourth-order valence-corrected chi connectivity index (χ4v) is 2.61. The highest BCUT2D eigenvalue weighted by Crippen LogP contribution is 2.36. The first-order chi connectivity index (χ1) is 13.1. The van der Waals surface area contributed by atoms with Crippen LogP contribution in [0.4, 0.5) is 0 Å². The van der Waals surface area contributed by atoms with E-state index in [9.17, 15) is 13.6 Å². The van der Waals surface area contributed by atoms with Crippen molar-refractivity contribution in [2.75, 3.05) is 6.79 Å². The maximum Gasteiger partial charge on any atom is 0.366 e. The van der Waals surface area contributed by atoms with Crippen LogP contribution in [0, 0.1) is 12.1 Å². The summed E-state index contributed by atoms with van der Waals surface area (Å²) in [6.07, 6.45) is 1.23. The first-order valence-electron chi connectivity index (χ1n) is 7.60. The molecule has 0 fully saturated rings. The summed E-state index contributed by atoms with van der Waals surface area (Å²) in [4.78, 5) is 0.0177. The van der Waals surface area contributed by atoms with Gasteiger partial charge in [0.2, 0.25) is 6.79 Å². The summed E-state index contributed by atoms with van der Waals surface area (Å²) in [5.41, 5.74) is 11.5. The van der Waals surface area contributed by atoms with E-state index in [0.29, 0.717) is 22.1 Å². The Morgan fingerprint density at radius 2 is 1.82 bits per heavy atom. The van der Waals surface area contributed by atoms with Crippen molar-refractivity contribution in [1.29, 1.82) is 0 Å². The number of fused-ring (bicyclic) bond motifs is 1. The van der Waals surface area contributed by atoms with Crippen molar-refractivity contribution in [3.05, 3.63) is 57.8 Å². The van der Waals surface area contributed by atoms with Crippen LogP contribution in [0.3, 0.4) is 0 Å². The highest BCUT2D eigenvalue weighted by molar-refractivity contribution is 7.85. The maximum absolute atomic E-state index is 11.0. The van der Waals surface area contributed by atoms with Gasteiger partial charge in [-0.05, 0) is 25.1 Å². The third-order valence-corrected chi connectivity index (χ3v) is 4.53. The number of nitrogens with two attached hydrogens (primary N) is 2. The number of hydrogen-bond acceptors (Lipinski definition) is 6. The molecule has 0 saturated carbocycles. The van der Waals surface area contributed by atoms with Gasteiger partial charge in [0.15, 0.2) is 11.5 Å². The molecule has 10 nitrogen and oxygen atoms in total. The number of halogens is 1. The molecule has 0 radical (unpaired) electrons. The van der Waals surface area contributed by atoms with Crippen molar-refractivity contribution in [2.24, 2.45) is 16.6 Å². The number of nitrogens with zero attached hydrogens (tertiary/aromatic N) is 2. The van der Waals surface area contributed by atoms with E-state index in [-0.39, 0.29) is 16.5 Å². The fraction of sp³-hybridized carbons (Fsp3) is 0.125. The molecule has 0 unspecified atom stereocenters. The van der Waals surface area contributed by atoms with Gasteiger partial charge in [0.05, 0.1) is 16.1 Å². The second-order valence-corrected chi connectivity index (χ2v) is 7.29. The number of aryl methyl sites for hydroxylation is 1. The van der Waals surface area contributed by atoms with Gasteiger partial charge >= 0.3 is 5.96 Å². The van der Waals surface area contributed by atoms with Crippen LogP contribution in [0.15, 0.2) is 46.4 Å². The lowest BCUT2D eigenvalue weighted by atomic mass is 10.2. The Morgan fingerprint density at radius 1 is 1.25 bits per heavy atom. The minimum atomic E-state index is -4.02. The molecule has 3 rings (SSSR count). The monoisotopic (exact) mass is 428 g/mol. The Labute approximate surface area is 166 Å². The third-order valence-electron chi connectivity index (χ3n) is 3.33. The molecule has 0 amide bonds. The fourth-order valence-electron chi connectivity index (χ4n) is 1.92. The van der Waals surface area contributed by atoms with Crippen molar-refractivity contribution in [2.45, 2.75) is 11.8 Å². The molecule has 1 aliphatic rings. The van der Waals surface area contributed by atoms with Crippen molar-refractivity contribution in [3.8, 4) is 11.5 Å². The van der Waals surface area contributed by atoms with Crippen molar-refractivity contribution < 1.29 is 27.3 Å². The van der Waals surface area contributed by atoms with Gasteiger partial charge in [-0.3, -0.25) is 16.0 Å². The van der Waals surface area contributed by atoms with E-state index in [1.165, 1.54) is 18.3 Å². The quantitative estimate of drug-likeness (QED) is 0.165. The predicted octanol–water partition coefficient (Wildman–Crippen LogP) is 1.43. The normalized spacial score (nSPS) is 12.4. The molecule has 150 valence electrons. The maximum atomic E-state index is 11.0. The second-order valence-electron chi connectivity index (χ2n) is 5.46. The molecule has 0 aliphatic carbocycles. The zero-order valence-corrected chi connectivity index (χ0v) is 16.1. The first kappa shape index (κ1) is 21.3. The Hall–Kier alpha value is -3.02. The van der Waals surface area contributed by atoms with Gasteiger partial charge in [-0.1, -0.05) is 29.3 Å². The minimum absolute atomic E-state index is 0.0666. The Balaban J connectivity index is 0.000000221. The molecular formula is C16H17ClN4O6S. The molecule has 0 atom stereocenters. The van der Waals surface area contributed by atoms with Gasteiger partial charge in [-0.15, -0.1) is 9.95 Å². The lowest BCUT2D eigenvalue weighted by Gasteiger charge is -2.04. The lowest BCUT2D eigenvalue weighted by molar-refractivity contribution is -0.463. The molecule has 1 aliphatic heterocycles. The van der Waals surface area contributed by atoms with Crippen LogP contribution in [0.25, 0.3) is 0 Å². The van der Waals surface area contributed by atoms with Crippen molar-refractivity contribution in [3.63, 3.8) is 0 Å². The molecule has 0 bridgehead atoms. The van der Waals surface area contributed by atoms with Crippen molar-refractivity contribution >= 4 is 33.9 Å². The Bertz CT molecular complexity index is 1020. The molecule has 0 spiro atoms. The number of guanidine groups is 1. The SMILES string of the molecule is Cc1ccc(S(=O)(=O)O)cc1.NC(N)=[N+]([O-])/N=C/c1cc2c(cc1Cl)OCO2. The van der Waals surface area contributed by atoms with E-state index >= 15 is 0 Å². The van der Waals surface area contributed by atoms with E-state index in [1.54, 1.807) is 24.3 Å². The molecular weight excluding hydrogens is 412 g/mol. The molecule has 2 aromatic rings. The molecule has 2 aromatic carbocycles. The summed E-state index contributed by atoms with van der Waals surface area (Å²) in [6, 6.07) is 9.17. The third kappa shape index (κ3) is 5.74. The Morgan fingerprint density at radius 3 is 2.36 bits per heavy atom. The topological polar surface area (TPSA) is 163 Å². The van der Waals surface area contributed by atoms with E-state index in [2.05, 4.69) is 5.10 Å². The average Bonchev–Trinajstić information content (AvgIpc) is 3.06. The summed E-state index contributed by atoms with van der Waals surface area (Å²) in [5, 5.41) is 14.8. The van der Waals surface area contributed by atoms with Gasteiger partial charge in [0, 0.05) is 11.6 Å². The molecule has 12 heteroatoms. The smallest absolute Gasteiger partial charge is 0.366 e. The van der Waals surface area contributed by atoms with E-state index in [4.69, 9.17) is 37.1 Å². The summed E-state index contributed by atoms with van der Waals surface area (Å²) >= 11 is 5.95. The van der Waals surface area contributed by atoms with E-state index in [0.717, 1.165) is 5.56 Å². The van der Waals surface area contributed by atoms with Gasteiger partial charge < -0.3 is 14.7 Å². The molecule has 1 heterocycles. The molecule has 0 aromatic heterocycles. The van der Waals surface area contributed by atoms with Gasteiger partial charge in [0.1, 0.15) is 0 Å². The van der Waals surface area contributed by atoms with Crippen LogP contribution < -0.4 is 20.9 Å². The summed E-state index contributed by atoms with van der Waals surface area (Å²) < 4.78 is 39.8. The predicted molar refractivity (Wildman–Crippen MR) is 103 cm³/mol. The molecule has 28 heavy (non-hydrogen) atoms. The summed E-state index contributed by atoms with van der Waals surface area (Å²) in [6.45, 7) is 1.98. The molecule has 5 N–H and O–H groups in total. The number of hydrogen-bond donors (Lipinski definition) is 3. The zero-order valence-electron chi connectivity index (χ0n) is 14.6. The largest absolute Gasteiger partial charge is 0.722 e. The number of ether oxygens (including phenoxy) is 2. The van der Waals surface area contributed by atoms with Crippen molar-refractivity contribution in [1.82, 2.24) is 0 Å². The van der Waals surface area contributed by atoms with Crippen LogP contribution in [0.1, 0.15) is 11.1 Å². The highest BCUT2D eigenvalue weighted by atomic mass is 35.5. The lowest BCUT2D eigenvalue weighted by Crippen LogP contribution is -2.30. The van der Waals surface area contributed by atoms with E-state index < -0.39 is 16.1 Å². The van der Waals surface area contributed by atoms with Crippen LogP contribution in [0.2, 0.25) is 5.02 Å². The summed E-state index contributed by atoms with van der Waals surface area (Å²) in [7, 11) is -4.02. The van der Waals surface area contributed by atoms with E-state index in [1.807, 2.05) is 6.92 Å². The standard InChI is InChI=1S/C9H9ClN4O3.C7H8O3S/c10-6-2-8-7(16-4-17-8)1-5(6)3-13-14(15)9(11)12;1-6-2-4-7(5-3-6)11(8,9)10/h1-3H,4,11-12H2;2-5H,1H3,(H,8,9,10)/b13-3+;. The van der Waals surface area contributed by atoms with Crippen LogP contribution >= 0.6 is 11.6 Å². The summed E-state index contributed by atoms with van der Waals surface area (Å²) in [5.74, 6) is 0.632. The van der Waals surface area contributed by atoms with Gasteiger partial charge in [-0.25, -0.2) is 0 Å². The van der Waals surface area contributed by atoms with Crippen LogP contribution in [0.5, 0.6) is 11.5 Å². The second kappa shape index (κ2) is 8.78. The number of benzene rings is 2. The van der Waals surface area contributed by atoms with Crippen LogP contribution in [-0.4, -0.2) is 36.8 Å². The molecule has 0 saturated heterocycles.